The second-order valence-electron chi connectivity index (χ2n) is 6.54. The number of halogens is 4. The Morgan fingerprint density at radius 1 is 1.14 bits per heavy atom. The van der Waals surface area contributed by atoms with E-state index >= 15 is 0 Å². The van der Waals surface area contributed by atoms with Gasteiger partial charge in [-0.2, -0.15) is 0 Å². The van der Waals surface area contributed by atoms with Gasteiger partial charge in [-0.05, 0) is 31.2 Å². The lowest BCUT2D eigenvalue weighted by atomic mass is 10.1. The summed E-state index contributed by atoms with van der Waals surface area (Å²) < 4.78 is 29.5. The molecule has 0 saturated carbocycles. The molecule has 28 heavy (non-hydrogen) atoms. The lowest BCUT2D eigenvalue weighted by Gasteiger charge is -2.34. The van der Waals surface area contributed by atoms with Crippen LogP contribution in [0.5, 0.6) is 0 Å². The van der Waals surface area contributed by atoms with E-state index in [1.807, 2.05) is 6.92 Å². The summed E-state index contributed by atoms with van der Waals surface area (Å²) in [5, 5.41) is 8.59. The summed E-state index contributed by atoms with van der Waals surface area (Å²) in [6, 6.07) is 8.53. The van der Waals surface area contributed by atoms with Crippen LogP contribution in [0.2, 0.25) is 10.0 Å². The summed E-state index contributed by atoms with van der Waals surface area (Å²) in [7, 11) is 0. The zero-order chi connectivity index (χ0) is 20.0. The summed E-state index contributed by atoms with van der Waals surface area (Å²) in [5.74, 6) is -1.51. The monoisotopic (exact) mass is 422 g/mol. The van der Waals surface area contributed by atoms with E-state index in [1.54, 1.807) is 27.7 Å². The van der Waals surface area contributed by atoms with Gasteiger partial charge in [0.25, 0.3) is 5.91 Å². The van der Waals surface area contributed by atoms with Crippen molar-refractivity contribution in [2.75, 3.05) is 0 Å². The minimum Gasteiger partial charge on any atom is -0.327 e. The zero-order valence-corrected chi connectivity index (χ0v) is 16.2. The van der Waals surface area contributed by atoms with Gasteiger partial charge in [0.05, 0.1) is 27.7 Å². The van der Waals surface area contributed by atoms with Crippen LogP contribution in [0.1, 0.15) is 23.1 Å². The highest BCUT2D eigenvalue weighted by atomic mass is 35.5. The molecule has 144 valence electrons. The molecule has 1 aliphatic rings. The molecule has 1 aromatic heterocycles. The van der Waals surface area contributed by atoms with E-state index in [0.29, 0.717) is 23.0 Å². The van der Waals surface area contributed by atoms with E-state index in [9.17, 15) is 13.6 Å². The van der Waals surface area contributed by atoms with Gasteiger partial charge in [-0.3, -0.25) is 4.79 Å². The second-order valence-corrected chi connectivity index (χ2v) is 7.32. The molecule has 0 spiro atoms. The third kappa shape index (κ3) is 3.04. The molecule has 3 aromatic rings. The Balaban J connectivity index is 1.69. The standard InChI is InChI=1S/C19H14Cl2F2N4O/c1-10-8-27-15(24-25-18(27)12-5-3-7-14(22)17(12)23)9-26(10)19(28)11-4-2-6-13(20)16(11)21/h2-7,10H,8-9H2,1H3/t10-/m0/s1. The number of hydrogen-bond acceptors (Lipinski definition) is 3. The van der Waals surface area contributed by atoms with Crippen LogP contribution in [0.3, 0.4) is 0 Å². The van der Waals surface area contributed by atoms with Crippen LogP contribution >= 0.6 is 23.2 Å². The van der Waals surface area contributed by atoms with Gasteiger partial charge in [-0.1, -0.05) is 35.3 Å². The van der Waals surface area contributed by atoms with Crippen molar-refractivity contribution in [2.24, 2.45) is 0 Å². The Kier molecular flexibility index (Phi) is 4.81. The Labute approximate surface area is 169 Å². The molecule has 5 nitrogen and oxygen atoms in total. The Morgan fingerprint density at radius 2 is 1.89 bits per heavy atom. The number of aromatic nitrogens is 3. The maximum Gasteiger partial charge on any atom is 0.256 e. The molecule has 0 fully saturated rings. The van der Waals surface area contributed by atoms with Gasteiger partial charge >= 0.3 is 0 Å². The van der Waals surface area contributed by atoms with E-state index in [-0.39, 0.29) is 34.9 Å². The predicted molar refractivity (Wildman–Crippen MR) is 101 cm³/mol. The fraction of sp³-hybridized carbons (Fsp3) is 0.211. The maximum atomic E-state index is 14.2. The van der Waals surface area contributed by atoms with Crippen LogP contribution in [0.4, 0.5) is 8.78 Å². The van der Waals surface area contributed by atoms with Gasteiger partial charge in [0.2, 0.25) is 0 Å². The quantitative estimate of drug-likeness (QED) is 0.607. The number of amides is 1. The first-order chi connectivity index (χ1) is 13.4. The molecule has 0 bridgehead atoms. The molecule has 4 rings (SSSR count). The number of carbonyl (C=O) groups excluding carboxylic acids is 1. The van der Waals surface area contributed by atoms with E-state index < -0.39 is 11.6 Å². The predicted octanol–water partition coefficient (Wildman–Crippen LogP) is 4.57. The SMILES string of the molecule is C[C@H]1Cn2c(nnc2-c2cccc(F)c2F)CN1C(=O)c1cccc(Cl)c1Cl. The summed E-state index contributed by atoms with van der Waals surface area (Å²) >= 11 is 12.2. The first kappa shape index (κ1) is 18.8. The molecule has 0 unspecified atom stereocenters. The van der Waals surface area contributed by atoms with Crippen molar-refractivity contribution in [3.63, 3.8) is 0 Å². The highest BCUT2D eigenvalue weighted by molar-refractivity contribution is 6.43. The van der Waals surface area contributed by atoms with E-state index in [4.69, 9.17) is 23.2 Å². The largest absolute Gasteiger partial charge is 0.327 e. The second kappa shape index (κ2) is 7.14. The fourth-order valence-corrected chi connectivity index (χ4v) is 3.67. The minimum atomic E-state index is -0.977. The summed E-state index contributed by atoms with van der Waals surface area (Å²) in [6.07, 6.45) is 0. The van der Waals surface area contributed by atoms with Crippen LogP contribution < -0.4 is 0 Å². The third-order valence-corrected chi connectivity index (χ3v) is 5.57. The van der Waals surface area contributed by atoms with Crippen LogP contribution in [-0.4, -0.2) is 31.6 Å². The number of nitrogens with zero attached hydrogens (tertiary/aromatic N) is 4. The number of hydrogen-bond donors (Lipinski definition) is 0. The van der Waals surface area contributed by atoms with Gasteiger partial charge in [0, 0.05) is 12.6 Å². The first-order valence-corrected chi connectivity index (χ1v) is 9.25. The maximum absolute atomic E-state index is 14.2. The Hall–Kier alpha value is -2.51. The smallest absolute Gasteiger partial charge is 0.256 e. The highest BCUT2D eigenvalue weighted by Crippen LogP contribution is 2.30. The molecule has 1 aliphatic heterocycles. The number of fused-ring (bicyclic) bond motifs is 1. The first-order valence-electron chi connectivity index (χ1n) is 8.50. The molecule has 0 aliphatic carbocycles. The van der Waals surface area contributed by atoms with Crippen molar-refractivity contribution in [1.29, 1.82) is 0 Å². The molecule has 1 atom stereocenters. The van der Waals surface area contributed by atoms with Gasteiger partial charge in [-0.15, -0.1) is 10.2 Å². The molecule has 2 aromatic carbocycles. The molecular weight excluding hydrogens is 409 g/mol. The van der Waals surface area contributed by atoms with Crippen molar-refractivity contribution >= 4 is 29.1 Å². The molecular formula is C19H14Cl2F2N4O. The summed E-state index contributed by atoms with van der Waals surface area (Å²) in [6.45, 7) is 2.34. The van der Waals surface area contributed by atoms with E-state index in [1.165, 1.54) is 12.1 Å². The third-order valence-electron chi connectivity index (χ3n) is 4.75. The van der Waals surface area contributed by atoms with Crippen molar-refractivity contribution in [2.45, 2.75) is 26.1 Å². The molecule has 0 radical (unpaired) electrons. The topological polar surface area (TPSA) is 51.0 Å². The molecule has 1 amide bonds. The van der Waals surface area contributed by atoms with Gasteiger partial charge in [0.1, 0.15) is 0 Å². The molecule has 0 saturated heterocycles. The van der Waals surface area contributed by atoms with Crippen LogP contribution in [0.15, 0.2) is 36.4 Å². The van der Waals surface area contributed by atoms with E-state index in [0.717, 1.165) is 6.07 Å². The van der Waals surface area contributed by atoms with Crippen LogP contribution in [0.25, 0.3) is 11.4 Å². The lowest BCUT2D eigenvalue weighted by molar-refractivity contribution is 0.0612. The summed E-state index contributed by atoms with van der Waals surface area (Å²) in [4.78, 5) is 14.6. The Bertz CT molecular complexity index is 1090. The molecule has 2 heterocycles. The van der Waals surface area contributed by atoms with Gasteiger partial charge in [-0.25, -0.2) is 8.78 Å². The Morgan fingerprint density at radius 3 is 2.68 bits per heavy atom. The summed E-state index contributed by atoms with van der Waals surface area (Å²) in [5.41, 5.74) is 0.328. The van der Waals surface area contributed by atoms with Crippen molar-refractivity contribution < 1.29 is 13.6 Å². The van der Waals surface area contributed by atoms with Crippen molar-refractivity contribution in [3.05, 3.63) is 69.5 Å². The van der Waals surface area contributed by atoms with Crippen molar-refractivity contribution in [1.82, 2.24) is 19.7 Å². The minimum absolute atomic E-state index is 0.0311. The number of rotatable bonds is 2. The lowest BCUT2D eigenvalue weighted by Crippen LogP contribution is -2.45. The van der Waals surface area contributed by atoms with Crippen LogP contribution in [0, 0.1) is 11.6 Å². The normalized spacial score (nSPS) is 16.2. The van der Waals surface area contributed by atoms with Gasteiger partial charge < -0.3 is 9.47 Å². The zero-order valence-electron chi connectivity index (χ0n) is 14.7. The van der Waals surface area contributed by atoms with Crippen LogP contribution in [-0.2, 0) is 13.1 Å². The molecule has 0 N–H and O–H groups in total. The average molecular weight is 423 g/mol. The van der Waals surface area contributed by atoms with Crippen molar-refractivity contribution in [3.8, 4) is 11.4 Å². The highest BCUT2D eigenvalue weighted by Gasteiger charge is 2.32. The van der Waals surface area contributed by atoms with Gasteiger partial charge in [0.15, 0.2) is 23.3 Å². The van der Waals surface area contributed by atoms with E-state index in [2.05, 4.69) is 10.2 Å². The number of carbonyl (C=O) groups is 1. The fourth-order valence-electron chi connectivity index (χ4n) is 3.29. The molecule has 9 heteroatoms. The average Bonchev–Trinajstić information content (AvgIpc) is 3.07. The number of benzene rings is 2.